The Bertz CT molecular complexity index is 461. The van der Waals surface area contributed by atoms with E-state index in [-0.39, 0.29) is 0 Å². The maximum atomic E-state index is 4.92. The Morgan fingerprint density at radius 2 is 1.84 bits per heavy atom. The Hall–Kier alpha value is -1.11. The van der Waals surface area contributed by atoms with Crippen LogP contribution in [0.2, 0.25) is 0 Å². The zero-order chi connectivity index (χ0) is 17.6. The summed E-state index contributed by atoms with van der Waals surface area (Å²) in [4.78, 5) is 12.6. The zero-order valence-corrected chi connectivity index (χ0v) is 16.1. The van der Waals surface area contributed by atoms with Crippen molar-refractivity contribution in [1.82, 2.24) is 25.3 Å². The predicted molar refractivity (Wildman–Crippen MR) is 105 cm³/mol. The van der Waals surface area contributed by atoms with E-state index in [9.17, 15) is 0 Å². The lowest BCUT2D eigenvalue weighted by Crippen LogP contribution is -2.62. The molecule has 4 aliphatic rings. The Labute approximate surface area is 153 Å². The molecule has 4 heterocycles. The highest BCUT2D eigenvalue weighted by atomic mass is 15.3. The van der Waals surface area contributed by atoms with Crippen LogP contribution < -0.4 is 10.6 Å². The molecule has 0 aromatic carbocycles. The van der Waals surface area contributed by atoms with Gasteiger partial charge in [-0.25, -0.2) is 0 Å². The van der Waals surface area contributed by atoms with Gasteiger partial charge in [0.1, 0.15) is 0 Å². The summed E-state index contributed by atoms with van der Waals surface area (Å²) in [5.41, 5.74) is 1.26. The molecule has 4 fully saturated rings. The summed E-state index contributed by atoms with van der Waals surface area (Å²) >= 11 is 0. The highest BCUT2D eigenvalue weighted by Crippen LogP contribution is 2.16. The number of fused-ring (bicyclic) bond motifs is 3. The molecule has 6 heteroatoms. The topological polar surface area (TPSA) is 46.1 Å². The molecule has 0 aromatic heterocycles. The van der Waals surface area contributed by atoms with E-state index in [1.54, 1.807) is 0 Å². The standard InChI is InChI=1S/C19H36N6/c1-4-20-19(21-13-18-15-24-9-11-25(18)12-10-24)22-17-5-7-23(8-6-17)14-16(2)3/h17-18H,2,4-15H2,1,3H3,(H2,20,21,22). The van der Waals surface area contributed by atoms with Crippen LogP contribution in [0.3, 0.4) is 0 Å². The number of likely N-dealkylation sites (tertiary alicyclic amines) is 1. The molecule has 25 heavy (non-hydrogen) atoms. The van der Waals surface area contributed by atoms with Gasteiger partial charge >= 0.3 is 0 Å². The zero-order valence-electron chi connectivity index (χ0n) is 16.1. The van der Waals surface area contributed by atoms with Gasteiger partial charge in [-0.2, -0.15) is 0 Å². The van der Waals surface area contributed by atoms with Crippen molar-refractivity contribution in [3.63, 3.8) is 0 Å². The summed E-state index contributed by atoms with van der Waals surface area (Å²) < 4.78 is 0. The number of piperidine rings is 1. The summed E-state index contributed by atoms with van der Waals surface area (Å²) in [6, 6.07) is 1.13. The van der Waals surface area contributed by atoms with Crippen molar-refractivity contribution in [1.29, 1.82) is 0 Å². The average Bonchev–Trinajstić information content (AvgIpc) is 2.62. The molecule has 6 nitrogen and oxygen atoms in total. The Kier molecular flexibility index (Phi) is 6.73. The number of hydrogen-bond donors (Lipinski definition) is 2. The molecule has 4 saturated heterocycles. The number of piperazine rings is 3. The van der Waals surface area contributed by atoms with E-state index in [0.717, 1.165) is 38.7 Å². The van der Waals surface area contributed by atoms with Crippen LogP contribution in [0.25, 0.3) is 0 Å². The average molecular weight is 349 g/mol. The van der Waals surface area contributed by atoms with Gasteiger partial charge in [-0.15, -0.1) is 0 Å². The van der Waals surface area contributed by atoms with Gasteiger partial charge in [0.25, 0.3) is 0 Å². The quantitative estimate of drug-likeness (QED) is 0.418. The Balaban J connectivity index is 1.47. The second-order valence-corrected chi connectivity index (χ2v) is 7.86. The van der Waals surface area contributed by atoms with Gasteiger partial charge in [-0.3, -0.25) is 19.7 Å². The van der Waals surface area contributed by atoms with E-state index >= 15 is 0 Å². The summed E-state index contributed by atoms with van der Waals surface area (Å²) in [5, 5.41) is 7.11. The minimum atomic E-state index is 0.533. The molecular formula is C19H36N6. The molecule has 0 aliphatic carbocycles. The van der Waals surface area contributed by atoms with Crippen LogP contribution >= 0.6 is 0 Å². The first-order valence-electron chi connectivity index (χ1n) is 10.0. The van der Waals surface area contributed by atoms with Crippen LogP contribution in [0.15, 0.2) is 17.1 Å². The number of guanidine groups is 1. The van der Waals surface area contributed by atoms with Crippen molar-refractivity contribution in [2.75, 3.05) is 65.4 Å². The van der Waals surface area contributed by atoms with Gasteiger partial charge in [0.05, 0.1) is 6.54 Å². The van der Waals surface area contributed by atoms with Crippen molar-refractivity contribution in [2.45, 2.75) is 38.8 Å². The van der Waals surface area contributed by atoms with Gasteiger partial charge < -0.3 is 10.6 Å². The molecule has 4 rings (SSSR count). The van der Waals surface area contributed by atoms with E-state index < -0.39 is 0 Å². The molecule has 0 amide bonds. The first-order chi connectivity index (χ1) is 12.1. The van der Waals surface area contributed by atoms with Crippen LogP contribution in [0.1, 0.15) is 26.7 Å². The molecule has 1 atom stereocenters. The molecule has 0 saturated carbocycles. The van der Waals surface area contributed by atoms with Gasteiger partial charge in [0.15, 0.2) is 5.96 Å². The van der Waals surface area contributed by atoms with E-state index in [1.807, 2.05) is 0 Å². The smallest absolute Gasteiger partial charge is 0.191 e. The molecule has 0 aromatic rings. The molecule has 2 N–H and O–H groups in total. The third-order valence-corrected chi connectivity index (χ3v) is 5.62. The van der Waals surface area contributed by atoms with Crippen molar-refractivity contribution in [3.05, 3.63) is 12.2 Å². The molecular weight excluding hydrogens is 312 g/mol. The number of nitrogens with one attached hydrogen (secondary N) is 2. The maximum Gasteiger partial charge on any atom is 0.191 e. The lowest BCUT2D eigenvalue weighted by molar-refractivity contribution is 0.0174. The van der Waals surface area contributed by atoms with Crippen LogP contribution in [0, 0.1) is 0 Å². The molecule has 0 spiro atoms. The van der Waals surface area contributed by atoms with Crippen LogP contribution in [0.5, 0.6) is 0 Å². The minimum absolute atomic E-state index is 0.533. The van der Waals surface area contributed by atoms with Crippen LogP contribution in [-0.4, -0.2) is 98.2 Å². The van der Waals surface area contributed by atoms with Crippen LogP contribution in [0.4, 0.5) is 0 Å². The molecule has 4 aliphatic heterocycles. The monoisotopic (exact) mass is 348 g/mol. The largest absolute Gasteiger partial charge is 0.357 e. The van der Waals surface area contributed by atoms with Crippen molar-refractivity contribution in [3.8, 4) is 0 Å². The van der Waals surface area contributed by atoms with Crippen molar-refractivity contribution in [2.24, 2.45) is 4.99 Å². The fraction of sp³-hybridized carbons (Fsp3) is 0.842. The Morgan fingerprint density at radius 3 is 2.40 bits per heavy atom. The second-order valence-electron chi connectivity index (χ2n) is 7.86. The van der Waals surface area contributed by atoms with E-state index in [2.05, 4.69) is 45.8 Å². The lowest BCUT2D eigenvalue weighted by Gasteiger charge is -2.47. The second kappa shape index (κ2) is 9.01. The Morgan fingerprint density at radius 1 is 1.12 bits per heavy atom. The summed E-state index contributed by atoms with van der Waals surface area (Å²) in [5.74, 6) is 0.999. The number of rotatable bonds is 6. The third kappa shape index (κ3) is 5.43. The van der Waals surface area contributed by atoms with Gasteiger partial charge in [-0.05, 0) is 26.7 Å². The molecule has 1 unspecified atom stereocenters. The van der Waals surface area contributed by atoms with Crippen LogP contribution in [-0.2, 0) is 0 Å². The van der Waals surface area contributed by atoms with E-state index in [1.165, 1.54) is 51.1 Å². The first kappa shape index (κ1) is 18.7. The number of aliphatic imine (C=N–C) groups is 1. The molecule has 2 bridgehead atoms. The van der Waals surface area contributed by atoms with Crippen molar-refractivity contribution >= 4 is 5.96 Å². The van der Waals surface area contributed by atoms with E-state index in [0.29, 0.717) is 12.1 Å². The fourth-order valence-corrected chi connectivity index (χ4v) is 4.22. The normalized spacial score (nSPS) is 31.1. The first-order valence-corrected chi connectivity index (χ1v) is 10.0. The summed E-state index contributed by atoms with van der Waals surface area (Å²) in [7, 11) is 0. The number of hydrogen-bond acceptors (Lipinski definition) is 4. The molecule has 142 valence electrons. The number of nitrogens with zero attached hydrogens (tertiary/aromatic N) is 4. The van der Waals surface area contributed by atoms with Crippen molar-refractivity contribution < 1.29 is 0 Å². The SMILES string of the molecule is C=C(C)CN1CCC(NC(=NCC2CN3CCN2CC3)NCC)CC1. The van der Waals surface area contributed by atoms with Gasteiger partial charge in [0.2, 0.25) is 0 Å². The fourth-order valence-electron chi connectivity index (χ4n) is 4.22. The highest BCUT2D eigenvalue weighted by molar-refractivity contribution is 5.80. The van der Waals surface area contributed by atoms with E-state index in [4.69, 9.17) is 4.99 Å². The van der Waals surface area contributed by atoms with Gasteiger partial charge in [-0.1, -0.05) is 12.2 Å². The summed E-state index contributed by atoms with van der Waals surface area (Å²) in [6.45, 7) is 19.5. The van der Waals surface area contributed by atoms with Gasteiger partial charge in [0, 0.05) is 71.0 Å². The predicted octanol–water partition coefficient (Wildman–Crippen LogP) is 0.582. The molecule has 0 radical (unpaired) electrons. The minimum Gasteiger partial charge on any atom is -0.357 e. The third-order valence-electron chi connectivity index (χ3n) is 5.62. The summed E-state index contributed by atoms with van der Waals surface area (Å²) in [6.07, 6.45) is 2.36. The lowest BCUT2D eigenvalue weighted by atomic mass is 10.0. The highest BCUT2D eigenvalue weighted by Gasteiger charge is 2.31. The maximum absolute atomic E-state index is 4.92.